The summed E-state index contributed by atoms with van der Waals surface area (Å²) in [5.74, 6) is 1.61. The van der Waals surface area contributed by atoms with E-state index in [1.54, 1.807) is 4.90 Å². The molecule has 0 bridgehead atoms. The fraction of sp³-hybridized carbons (Fsp3) is 0.929. The molecule has 1 amide bonds. The highest BCUT2D eigenvalue weighted by molar-refractivity contribution is 5.64. The third-order valence-electron chi connectivity index (χ3n) is 4.65. The average molecular weight is 254 g/mol. The number of amides is 1. The van der Waals surface area contributed by atoms with Gasteiger partial charge in [-0.1, -0.05) is 6.92 Å². The van der Waals surface area contributed by atoms with Crippen molar-refractivity contribution in [1.29, 1.82) is 0 Å². The van der Waals surface area contributed by atoms with E-state index in [4.69, 9.17) is 5.11 Å². The quantitative estimate of drug-likeness (QED) is 0.841. The summed E-state index contributed by atoms with van der Waals surface area (Å²) in [6.45, 7) is 7.47. The molecule has 2 aliphatic heterocycles. The zero-order chi connectivity index (χ0) is 13.0. The minimum Gasteiger partial charge on any atom is -0.465 e. The number of carboxylic acid groups (broad SMARTS) is 1. The lowest BCUT2D eigenvalue weighted by atomic mass is 9.79. The van der Waals surface area contributed by atoms with Crippen molar-refractivity contribution in [2.24, 2.45) is 11.8 Å². The molecule has 0 spiro atoms. The van der Waals surface area contributed by atoms with E-state index in [0.29, 0.717) is 0 Å². The number of hydrogen-bond acceptors (Lipinski definition) is 2. The first-order chi connectivity index (χ1) is 8.70. The molecule has 0 radical (unpaired) electrons. The van der Waals surface area contributed by atoms with Crippen LogP contribution in [0.4, 0.5) is 4.79 Å². The number of hydrogen-bond donors (Lipinski definition) is 1. The molecule has 2 saturated heterocycles. The van der Waals surface area contributed by atoms with Crippen LogP contribution in [0, 0.1) is 11.8 Å². The third kappa shape index (κ3) is 3.37. The van der Waals surface area contributed by atoms with Crippen molar-refractivity contribution >= 4 is 6.09 Å². The lowest BCUT2D eigenvalue weighted by molar-refractivity contribution is 0.0881. The smallest absolute Gasteiger partial charge is 0.407 e. The van der Waals surface area contributed by atoms with E-state index in [1.165, 1.54) is 38.9 Å². The molecular formula is C14H26N2O2. The second kappa shape index (κ2) is 6.41. The summed E-state index contributed by atoms with van der Waals surface area (Å²) >= 11 is 0. The van der Waals surface area contributed by atoms with Crippen LogP contribution < -0.4 is 0 Å². The van der Waals surface area contributed by atoms with Crippen LogP contribution in [-0.2, 0) is 0 Å². The van der Waals surface area contributed by atoms with Crippen LogP contribution in [0.15, 0.2) is 0 Å². The Morgan fingerprint density at radius 3 is 2.00 bits per heavy atom. The Morgan fingerprint density at radius 2 is 1.56 bits per heavy atom. The highest BCUT2D eigenvalue weighted by Crippen LogP contribution is 2.32. The maximum Gasteiger partial charge on any atom is 0.407 e. The van der Waals surface area contributed by atoms with Gasteiger partial charge in [0, 0.05) is 13.1 Å². The Labute approximate surface area is 110 Å². The van der Waals surface area contributed by atoms with Gasteiger partial charge in [0.05, 0.1) is 0 Å². The standard InChI is InChI=1S/C14H26N2O2/c1-2-7-15-8-3-12(4-9-15)13-5-10-16(11-6-13)14(17)18/h12-13H,2-11H2,1H3,(H,17,18). The van der Waals surface area contributed by atoms with Crippen LogP contribution in [0.25, 0.3) is 0 Å². The molecule has 2 rings (SSSR count). The predicted octanol–water partition coefficient (Wildman–Crippen LogP) is 2.50. The summed E-state index contributed by atoms with van der Waals surface area (Å²) < 4.78 is 0. The number of piperidine rings is 2. The number of nitrogens with zero attached hydrogens (tertiary/aromatic N) is 2. The highest BCUT2D eigenvalue weighted by Gasteiger charge is 2.30. The van der Waals surface area contributed by atoms with E-state index in [-0.39, 0.29) is 0 Å². The molecule has 0 saturated carbocycles. The third-order valence-corrected chi connectivity index (χ3v) is 4.65. The molecule has 0 atom stereocenters. The van der Waals surface area contributed by atoms with E-state index in [9.17, 15) is 4.79 Å². The fourth-order valence-corrected chi connectivity index (χ4v) is 3.53. The van der Waals surface area contributed by atoms with Crippen molar-refractivity contribution < 1.29 is 9.90 Å². The van der Waals surface area contributed by atoms with Crippen molar-refractivity contribution in [3.05, 3.63) is 0 Å². The minimum atomic E-state index is -0.744. The largest absolute Gasteiger partial charge is 0.465 e. The number of carbonyl (C=O) groups is 1. The zero-order valence-corrected chi connectivity index (χ0v) is 11.5. The van der Waals surface area contributed by atoms with Gasteiger partial charge in [0.1, 0.15) is 0 Å². The summed E-state index contributed by atoms with van der Waals surface area (Å²) in [6, 6.07) is 0. The van der Waals surface area contributed by atoms with Gasteiger partial charge in [-0.3, -0.25) is 0 Å². The molecule has 2 aliphatic rings. The SMILES string of the molecule is CCCN1CCC(C2CCN(C(=O)O)CC2)CC1. The molecule has 18 heavy (non-hydrogen) atoms. The van der Waals surface area contributed by atoms with Crippen LogP contribution in [-0.4, -0.2) is 53.7 Å². The Bertz CT molecular complexity index is 267. The molecule has 2 fully saturated rings. The van der Waals surface area contributed by atoms with Gasteiger partial charge >= 0.3 is 6.09 Å². The zero-order valence-electron chi connectivity index (χ0n) is 11.5. The molecule has 1 N–H and O–H groups in total. The van der Waals surface area contributed by atoms with Crippen LogP contribution in [0.5, 0.6) is 0 Å². The van der Waals surface area contributed by atoms with Gasteiger partial charge in [-0.15, -0.1) is 0 Å². The van der Waals surface area contributed by atoms with Gasteiger partial charge in [0.15, 0.2) is 0 Å². The second-order valence-electron chi connectivity index (χ2n) is 5.79. The highest BCUT2D eigenvalue weighted by atomic mass is 16.4. The van der Waals surface area contributed by atoms with Crippen molar-refractivity contribution in [2.45, 2.75) is 39.0 Å². The molecule has 0 unspecified atom stereocenters. The Kier molecular flexibility index (Phi) is 4.87. The molecular weight excluding hydrogens is 228 g/mol. The number of rotatable bonds is 3. The van der Waals surface area contributed by atoms with Gasteiger partial charge in [-0.05, 0) is 63.6 Å². The van der Waals surface area contributed by atoms with Crippen LogP contribution >= 0.6 is 0 Å². The summed E-state index contributed by atoms with van der Waals surface area (Å²) in [6.07, 6.45) is 5.29. The Morgan fingerprint density at radius 1 is 1.06 bits per heavy atom. The summed E-state index contributed by atoms with van der Waals surface area (Å²) in [5, 5.41) is 8.95. The van der Waals surface area contributed by atoms with Gasteiger partial charge in [-0.25, -0.2) is 4.79 Å². The monoisotopic (exact) mass is 254 g/mol. The first kappa shape index (κ1) is 13.7. The maximum absolute atomic E-state index is 10.9. The van der Waals surface area contributed by atoms with E-state index < -0.39 is 6.09 Å². The van der Waals surface area contributed by atoms with Crippen LogP contribution in [0.1, 0.15) is 39.0 Å². The molecule has 0 aromatic rings. The summed E-state index contributed by atoms with van der Waals surface area (Å²) in [7, 11) is 0. The van der Waals surface area contributed by atoms with Gasteiger partial charge in [-0.2, -0.15) is 0 Å². The lowest BCUT2D eigenvalue weighted by Gasteiger charge is -2.39. The molecule has 0 aliphatic carbocycles. The van der Waals surface area contributed by atoms with Gasteiger partial charge in [0.25, 0.3) is 0 Å². The summed E-state index contributed by atoms with van der Waals surface area (Å²) in [4.78, 5) is 15.0. The van der Waals surface area contributed by atoms with Crippen molar-refractivity contribution in [2.75, 3.05) is 32.7 Å². The van der Waals surface area contributed by atoms with Crippen LogP contribution in [0.2, 0.25) is 0 Å². The summed E-state index contributed by atoms with van der Waals surface area (Å²) in [5.41, 5.74) is 0. The molecule has 4 nitrogen and oxygen atoms in total. The first-order valence-electron chi connectivity index (χ1n) is 7.41. The Hall–Kier alpha value is -0.770. The minimum absolute atomic E-state index is 0.744. The molecule has 0 aromatic carbocycles. The number of likely N-dealkylation sites (tertiary alicyclic amines) is 2. The van der Waals surface area contributed by atoms with Crippen LogP contribution in [0.3, 0.4) is 0 Å². The fourth-order valence-electron chi connectivity index (χ4n) is 3.53. The van der Waals surface area contributed by atoms with E-state index in [1.807, 2.05) is 0 Å². The lowest BCUT2D eigenvalue weighted by Crippen LogP contribution is -2.42. The molecule has 104 valence electrons. The molecule has 4 heteroatoms. The average Bonchev–Trinajstić information content (AvgIpc) is 2.40. The van der Waals surface area contributed by atoms with E-state index in [0.717, 1.165) is 37.8 Å². The Balaban J connectivity index is 1.73. The van der Waals surface area contributed by atoms with E-state index >= 15 is 0 Å². The first-order valence-corrected chi connectivity index (χ1v) is 7.41. The maximum atomic E-state index is 10.9. The van der Waals surface area contributed by atoms with Crippen molar-refractivity contribution in [1.82, 2.24) is 9.80 Å². The van der Waals surface area contributed by atoms with Crippen molar-refractivity contribution in [3.8, 4) is 0 Å². The van der Waals surface area contributed by atoms with Crippen molar-refractivity contribution in [3.63, 3.8) is 0 Å². The second-order valence-corrected chi connectivity index (χ2v) is 5.79. The molecule has 2 heterocycles. The topological polar surface area (TPSA) is 43.8 Å². The van der Waals surface area contributed by atoms with Gasteiger partial charge < -0.3 is 14.9 Å². The predicted molar refractivity (Wildman–Crippen MR) is 71.8 cm³/mol. The van der Waals surface area contributed by atoms with E-state index in [2.05, 4.69) is 11.8 Å². The molecule has 0 aromatic heterocycles. The van der Waals surface area contributed by atoms with Gasteiger partial charge in [0.2, 0.25) is 0 Å². The normalized spacial score (nSPS) is 24.4.